The summed E-state index contributed by atoms with van der Waals surface area (Å²) in [4.78, 5) is 25.3. The van der Waals surface area contributed by atoms with Crippen LogP contribution in [0.25, 0.3) is 0 Å². The van der Waals surface area contributed by atoms with Crippen LogP contribution in [0.1, 0.15) is 35.7 Å². The number of alkyl halides is 2. The lowest BCUT2D eigenvalue weighted by Crippen LogP contribution is -2.23. The molecule has 0 radical (unpaired) electrons. The predicted molar refractivity (Wildman–Crippen MR) is 128 cm³/mol. The number of anilines is 1. The minimum atomic E-state index is -1.39. The van der Waals surface area contributed by atoms with E-state index in [0.717, 1.165) is 12.1 Å². The first-order chi connectivity index (χ1) is 15.4. The van der Waals surface area contributed by atoms with Crippen LogP contribution in [0.2, 0.25) is 10.0 Å². The van der Waals surface area contributed by atoms with Crippen molar-refractivity contribution in [2.45, 2.75) is 24.1 Å². The monoisotopic (exact) mass is 532 g/mol. The lowest BCUT2D eigenvalue weighted by Gasteiger charge is -2.10. The Bertz CT molecular complexity index is 1160. The first kappa shape index (κ1) is 25.5. The van der Waals surface area contributed by atoms with Crippen molar-refractivity contribution in [3.8, 4) is 0 Å². The van der Waals surface area contributed by atoms with Crippen molar-refractivity contribution >= 4 is 63.9 Å². The third-order valence-electron chi connectivity index (χ3n) is 4.93. The number of amides is 2. The SMILES string of the molecule is C/C(F)=C\C=C(/C)NC(=O)c1cc(NC(=O)C2C(c3cc(Cl)cc(Cl)c3)C2(Cl)Cl)ccc1F. The van der Waals surface area contributed by atoms with Gasteiger partial charge in [-0.3, -0.25) is 9.59 Å². The van der Waals surface area contributed by atoms with E-state index in [9.17, 15) is 18.4 Å². The van der Waals surface area contributed by atoms with Gasteiger partial charge in [0, 0.05) is 27.3 Å². The first-order valence-electron chi connectivity index (χ1n) is 9.66. The Morgan fingerprint density at radius 2 is 1.67 bits per heavy atom. The van der Waals surface area contributed by atoms with Crippen molar-refractivity contribution in [3.63, 3.8) is 0 Å². The van der Waals surface area contributed by atoms with Gasteiger partial charge < -0.3 is 10.6 Å². The van der Waals surface area contributed by atoms with Crippen LogP contribution >= 0.6 is 46.4 Å². The highest BCUT2D eigenvalue weighted by molar-refractivity contribution is 6.53. The summed E-state index contributed by atoms with van der Waals surface area (Å²) in [6.45, 7) is 2.77. The average molecular weight is 534 g/mol. The van der Waals surface area contributed by atoms with E-state index in [4.69, 9.17) is 46.4 Å². The number of nitrogens with one attached hydrogen (secondary N) is 2. The Morgan fingerprint density at radius 3 is 2.27 bits per heavy atom. The lowest BCUT2D eigenvalue weighted by atomic mass is 10.1. The molecule has 2 aromatic rings. The number of hydrogen-bond donors (Lipinski definition) is 2. The zero-order chi connectivity index (χ0) is 24.5. The average Bonchev–Trinajstić information content (AvgIpc) is 3.29. The standard InChI is InChI=1S/C23H18Cl4F2N2O2/c1-11(28)3-4-12(2)30-21(32)17-10-16(5-6-18(17)29)31-22(33)20-19(23(20,26)27)13-7-14(24)9-15(25)8-13/h3-10,19-20H,1-2H3,(H,30,32)(H,31,33)/b11-3+,12-4+. The largest absolute Gasteiger partial charge is 0.326 e. The fraction of sp³-hybridized carbons (Fsp3) is 0.217. The number of benzene rings is 2. The zero-order valence-electron chi connectivity index (χ0n) is 17.4. The van der Waals surface area contributed by atoms with Gasteiger partial charge in [-0.15, -0.1) is 23.2 Å². The molecule has 174 valence electrons. The molecule has 1 aliphatic rings. The molecule has 33 heavy (non-hydrogen) atoms. The molecule has 10 heteroatoms. The molecule has 0 aromatic heterocycles. The van der Waals surface area contributed by atoms with Crippen molar-refractivity contribution < 1.29 is 18.4 Å². The van der Waals surface area contributed by atoms with Crippen molar-refractivity contribution in [1.82, 2.24) is 5.32 Å². The van der Waals surface area contributed by atoms with Gasteiger partial charge in [-0.05, 0) is 68.0 Å². The van der Waals surface area contributed by atoms with Gasteiger partial charge in [0.15, 0.2) is 0 Å². The maximum absolute atomic E-state index is 14.2. The second kappa shape index (κ2) is 10.0. The van der Waals surface area contributed by atoms with E-state index in [1.807, 2.05) is 0 Å². The van der Waals surface area contributed by atoms with E-state index in [1.165, 1.54) is 32.1 Å². The van der Waals surface area contributed by atoms with Gasteiger partial charge in [-0.1, -0.05) is 23.2 Å². The van der Waals surface area contributed by atoms with E-state index in [-0.39, 0.29) is 11.3 Å². The van der Waals surface area contributed by atoms with Crippen molar-refractivity contribution in [2.75, 3.05) is 5.32 Å². The predicted octanol–water partition coefficient (Wildman–Crippen LogP) is 7.17. The molecule has 2 aromatic carbocycles. The summed E-state index contributed by atoms with van der Waals surface area (Å²) in [5.41, 5.74) is 0.780. The third kappa shape index (κ3) is 6.07. The second-order valence-electron chi connectivity index (χ2n) is 7.57. The van der Waals surface area contributed by atoms with Crippen LogP contribution in [0.4, 0.5) is 14.5 Å². The smallest absolute Gasteiger partial charge is 0.258 e. The van der Waals surface area contributed by atoms with E-state index in [1.54, 1.807) is 18.2 Å². The molecule has 0 heterocycles. The number of hydrogen-bond acceptors (Lipinski definition) is 2. The number of carbonyl (C=O) groups is 2. The molecule has 0 saturated heterocycles. The maximum atomic E-state index is 14.2. The molecule has 1 saturated carbocycles. The van der Waals surface area contributed by atoms with Crippen LogP contribution in [0.15, 0.2) is 60.1 Å². The van der Waals surface area contributed by atoms with Gasteiger partial charge in [-0.2, -0.15) is 0 Å². The Balaban J connectivity index is 1.76. The summed E-state index contributed by atoms with van der Waals surface area (Å²) in [6, 6.07) is 8.33. The number of halogens is 6. The number of rotatable bonds is 6. The summed E-state index contributed by atoms with van der Waals surface area (Å²) >= 11 is 24.8. The highest BCUT2D eigenvalue weighted by atomic mass is 35.5. The van der Waals surface area contributed by atoms with Crippen molar-refractivity contribution in [1.29, 1.82) is 0 Å². The van der Waals surface area contributed by atoms with E-state index < -0.39 is 39.6 Å². The number of carbonyl (C=O) groups excluding carboxylic acids is 2. The maximum Gasteiger partial charge on any atom is 0.258 e. The van der Waals surface area contributed by atoms with Gasteiger partial charge in [0.1, 0.15) is 10.2 Å². The minimum absolute atomic E-state index is 0.173. The second-order valence-corrected chi connectivity index (χ2v) is 9.89. The normalized spacial score (nSPS) is 19.8. The molecule has 1 fully saturated rings. The van der Waals surface area contributed by atoms with Gasteiger partial charge in [0.05, 0.1) is 17.3 Å². The van der Waals surface area contributed by atoms with Crippen LogP contribution in [0.3, 0.4) is 0 Å². The fourth-order valence-corrected chi connectivity index (χ4v) is 4.72. The molecular formula is C23H18Cl4F2N2O2. The highest BCUT2D eigenvalue weighted by Crippen LogP contribution is 2.65. The minimum Gasteiger partial charge on any atom is -0.326 e. The molecule has 0 aliphatic heterocycles. The summed E-state index contributed by atoms with van der Waals surface area (Å²) in [5.74, 6) is -3.90. The third-order valence-corrected chi connectivity index (χ3v) is 6.31. The van der Waals surface area contributed by atoms with Crippen molar-refractivity contribution in [3.05, 3.63) is 87.1 Å². The molecule has 2 atom stereocenters. The molecule has 2 N–H and O–H groups in total. The van der Waals surface area contributed by atoms with Gasteiger partial charge in [0.2, 0.25) is 5.91 Å². The zero-order valence-corrected chi connectivity index (χ0v) is 20.4. The topological polar surface area (TPSA) is 58.2 Å². The molecule has 0 spiro atoms. The van der Waals surface area contributed by atoms with Crippen LogP contribution in [0, 0.1) is 11.7 Å². The van der Waals surface area contributed by atoms with E-state index in [0.29, 0.717) is 21.3 Å². The molecular weight excluding hydrogens is 516 g/mol. The quantitative estimate of drug-likeness (QED) is 0.305. The Morgan fingerprint density at radius 1 is 1.03 bits per heavy atom. The van der Waals surface area contributed by atoms with E-state index >= 15 is 0 Å². The van der Waals surface area contributed by atoms with E-state index in [2.05, 4.69) is 10.6 Å². The Kier molecular flexibility index (Phi) is 7.74. The van der Waals surface area contributed by atoms with Gasteiger partial charge >= 0.3 is 0 Å². The molecule has 2 amide bonds. The molecule has 4 nitrogen and oxygen atoms in total. The fourth-order valence-electron chi connectivity index (χ4n) is 3.35. The van der Waals surface area contributed by atoms with Crippen molar-refractivity contribution in [2.24, 2.45) is 5.92 Å². The molecule has 1 aliphatic carbocycles. The lowest BCUT2D eigenvalue weighted by molar-refractivity contribution is -0.117. The Labute approximate surface area is 209 Å². The summed E-state index contributed by atoms with van der Waals surface area (Å²) < 4.78 is 25.7. The highest BCUT2D eigenvalue weighted by Gasteiger charge is 2.67. The summed E-state index contributed by atoms with van der Waals surface area (Å²) in [5, 5.41) is 5.82. The molecule has 0 bridgehead atoms. The molecule has 2 unspecified atom stereocenters. The number of allylic oxidation sites excluding steroid dienone is 4. The van der Waals surface area contributed by atoms with Crippen LogP contribution in [-0.4, -0.2) is 16.1 Å². The summed E-state index contributed by atoms with van der Waals surface area (Å²) in [7, 11) is 0. The van der Waals surface area contributed by atoms with Crippen LogP contribution in [0.5, 0.6) is 0 Å². The molecule has 3 rings (SSSR count). The summed E-state index contributed by atoms with van der Waals surface area (Å²) in [6.07, 6.45) is 2.50. The van der Waals surface area contributed by atoms with Gasteiger partial charge in [-0.25, -0.2) is 8.78 Å². The van der Waals surface area contributed by atoms with Crippen LogP contribution in [-0.2, 0) is 4.79 Å². The Hall–Kier alpha value is -2.12. The van der Waals surface area contributed by atoms with Crippen LogP contribution < -0.4 is 10.6 Å². The first-order valence-corrected chi connectivity index (χ1v) is 11.2. The van der Waals surface area contributed by atoms with Gasteiger partial charge in [0.25, 0.3) is 5.91 Å².